The molecule has 1 fully saturated rings. The quantitative estimate of drug-likeness (QED) is 0.837. The fourth-order valence-electron chi connectivity index (χ4n) is 4.18. The number of rotatable bonds is 3. The van der Waals surface area contributed by atoms with E-state index in [4.69, 9.17) is 0 Å². The highest BCUT2D eigenvalue weighted by Gasteiger charge is 2.37. The normalized spacial score (nSPS) is 19.3. The van der Waals surface area contributed by atoms with Crippen LogP contribution in [0.1, 0.15) is 35.1 Å². The number of anilines is 1. The van der Waals surface area contributed by atoms with Gasteiger partial charge in [0.2, 0.25) is 11.8 Å². The van der Waals surface area contributed by atoms with Crippen molar-refractivity contribution in [2.45, 2.75) is 39.7 Å². The molecular formula is C23H26N2O2. The summed E-state index contributed by atoms with van der Waals surface area (Å²) >= 11 is 0. The van der Waals surface area contributed by atoms with Crippen molar-refractivity contribution in [3.63, 3.8) is 0 Å². The van der Waals surface area contributed by atoms with E-state index in [0.29, 0.717) is 19.5 Å². The number of aryl methyl sites for hydroxylation is 3. The van der Waals surface area contributed by atoms with Crippen LogP contribution in [0.3, 0.4) is 0 Å². The second-order valence-electron chi connectivity index (χ2n) is 7.89. The van der Waals surface area contributed by atoms with Crippen molar-refractivity contribution in [2.75, 3.05) is 18.0 Å². The van der Waals surface area contributed by atoms with E-state index < -0.39 is 0 Å². The molecule has 1 saturated heterocycles. The molecule has 0 aliphatic carbocycles. The molecular weight excluding hydrogens is 336 g/mol. The van der Waals surface area contributed by atoms with Crippen molar-refractivity contribution >= 4 is 17.5 Å². The van der Waals surface area contributed by atoms with Gasteiger partial charge in [0.25, 0.3) is 0 Å². The van der Waals surface area contributed by atoms with E-state index >= 15 is 0 Å². The standard InChI is InChI=1S/C23H26N2O2/c1-16-5-8-18(9-6-16)14-24-15-20(13-22(24)26)23(27)25-11-3-4-19-12-17(2)7-10-21(19)25/h5-10,12,20H,3-4,11,13-15H2,1-2H3. The van der Waals surface area contributed by atoms with Gasteiger partial charge >= 0.3 is 0 Å². The minimum Gasteiger partial charge on any atom is -0.338 e. The van der Waals surface area contributed by atoms with Crippen molar-refractivity contribution in [3.05, 3.63) is 64.7 Å². The summed E-state index contributed by atoms with van der Waals surface area (Å²) in [5.74, 6) is -0.0650. The molecule has 140 valence electrons. The van der Waals surface area contributed by atoms with E-state index in [1.807, 2.05) is 9.80 Å². The van der Waals surface area contributed by atoms with Crippen LogP contribution in [0.4, 0.5) is 5.69 Å². The molecule has 2 aliphatic heterocycles. The Bertz CT molecular complexity index is 872. The van der Waals surface area contributed by atoms with E-state index in [1.165, 1.54) is 16.7 Å². The van der Waals surface area contributed by atoms with Crippen LogP contribution in [0.25, 0.3) is 0 Å². The molecule has 4 nitrogen and oxygen atoms in total. The number of benzene rings is 2. The van der Waals surface area contributed by atoms with Crippen LogP contribution in [0, 0.1) is 19.8 Å². The molecule has 1 atom stereocenters. The first-order chi connectivity index (χ1) is 13.0. The number of amides is 2. The topological polar surface area (TPSA) is 40.6 Å². The second kappa shape index (κ2) is 7.18. The third-order valence-corrected chi connectivity index (χ3v) is 5.68. The summed E-state index contributed by atoms with van der Waals surface area (Å²) in [5.41, 5.74) is 5.82. The highest BCUT2D eigenvalue weighted by molar-refractivity contribution is 5.99. The summed E-state index contributed by atoms with van der Waals surface area (Å²) in [4.78, 5) is 29.4. The Morgan fingerprint density at radius 3 is 2.59 bits per heavy atom. The number of hydrogen-bond donors (Lipinski definition) is 0. The molecule has 2 aromatic rings. The van der Waals surface area contributed by atoms with E-state index in [1.54, 1.807) is 0 Å². The minimum absolute atomic E-state index is 0.0788. The van der Waals surface area contributed by atoms with Crippen molar-refractivity contribution in [1.82, 2.24) is 4.90 Å². The molecule has 0 saturated carbocycles. The molecule has 1 unspecified atom stereocenters. The van der Waals surface area contributed by atoms with E-state index in [9.17, 15) is 9.59 Å². The summed E-state index contributed by atoms with van der Waals surface area (Å²) < 4.78 is 0. The summed E-state index contributed by atoms with van der Waals surface area (Å²) in [6, 6.07) is 14.5. The maximum atomic E-state index is 13.2. The van der Waals surface area contributed by atoms with Gasteiger partial charge in [0, 0.05) is 31.7 Å². The Kier molecular flexibility index (Phi) is 4.73. The maximum absolute atomic E-state index is 13.2. The van der Waals surface area contributed by atoms with Gasteiger partial charge in [-0.15, -0.1) is 0 Å². The van der Waals surface area contributed by atoms with Crippen LogP contribution >= 0.6 is 0 Å². The first kappa shape index (κ1) is 17.8. The molecule has 2 heterocycles. The van der Waals surface area contributed by atoms with Gasteiger partial charge in [-0.1, -0.05) is 47.5 Å². The third kappa shape index (κ3) is 3.61. The predicted molar refractivity (Wildman–Crippen MR) is 107 cm³/mol. The molecule has 0 aromatic heterocycles. The average molecular weight is 362 g/mol. The van der Waals surface area contributed by atoms with Crippen molar-refractivity contribution < 1.29 is 9.59 Å². The Morgan fingerprint density at radius 2 is 1.81 bits per heavy atom. The molecule has 0 radical (unpaired) electrons. The predicted octanol–water partition coefficient (Wildman–Crippen LogP) is 3.63. The molecule has 27 heavy (non-hydrogen) atoms. The van der Waals surface area contributed by atoms with Crippen LogP contribution in [0.5, 0.6) is 0 Å². The van der Waals surface area contributed by atoms with Crippen molar-refractivity contribution in [3.8, 4) is 0 Å². The summed E-state index contributed by atoms with van der Waals surface area (Å²) in [5, 5.41) is 0. The van der Waals surface area contributed by atoms with E-state index in [2.05, 4.69) is 56.3 Å². The van der Waals surface area contributed by atoms with Gasteiger partial charge in [0.05, 0.1) is 5.92 Å². The van der Waals surface area contributed by atoms with Crippen LogP contribution in [-0.4, -0.2) is 29.8 Å². The lowest BCUT2D eigenvalue weighted by molar-refractivity contribution is -0.128. The molecule has 0 N–H and O–H groups in total. The Hall–Kier alpha value is -2.62. The van der Waals surface area contributed by atoms with Crippen LogP contribution in [0.2, 0.25) is 0 Å². The fraction of sp³-hybridized carbons (Fsp3) is 0.391. The summed E-state index contributed by atoms with van der Waals surface area (Å²) in [6.07, 6.45) is 2.32. The summed E-state index contributed by atoms with van der Waals surface area (Å²) in [7, 11) is 0. The van der Waals surface area contributed by atoms with E-state index in [0.717, 1.165) is 30.6 Å². The Labute approximate surface area is 160 Å². The Morgan fingerprint density at radius 1 is 1.07 bits per heavy atom. The average Bonchev–Trinajstić information content (AvgIpc) is 3.03. The van der Waals surface area contributed by atoms with E-state index in [-0.39, 0.29) is 17.7 Å². The molecule has 2 amide bonds. The minimum atomic E-state index is -0.241. The second-order valence-corrected chi connectivity index (χ2v) is 7.89. The summed E-state index contributed by atoms with van der Waals surface area (Å²) in [6.45, 7) is 5.98. The smallest absolute Gasteiger partial charge is 0.232 e. The van der Waals surface area contributed by atoms with Crippen molar-refractivity contribution in [2.24, 2.45) is 5.92 Å². The molecule has 4 rings (SSSR count). The van der Waals surface area contributed by atoms with Gasteiger partial charge in [-0.3, -0.25) is 9.59 Å². The van der Waals surface area contributed by atoms with Gasteiger partial charge in [-0.2, -0.15) is 0 Å². The van der Waals surface area contributed by atoms with Gasteiger partial charge < -0.3 is 9.80 Å². The SMILES string of the molecule is Cc1ccc(CN2CC(C(=O)N3CCCc4cc(C)ccc43)CC2=O)cc1. The van der Waals surface area contributed by atoms with Gasteiger partial charge in [0.15, 0.2) is 0 Å². The van der Waals surface area contributed by atoms with Crippen LogP contribution in [0.15, 0.2) is 42.5 Å². The molecule has 2 aliphatic rings. The fourth-order valence-corrected chi connectivity index (χ4v) is 4.18. The van der Waals surface area contributed by atoms with Crippen molar-refractivity contribution in [1.29, 1.82) is 0 Å². The third-order valence-electron chi connectivity index (χ3n) is 5.68. The maximum Gasteiger partial charge on any atom is 0.232 e. The lowest BCUT2D eigenvalue weighted by atomic mass is 9.97. The van der Waals surface area contributed by atoms with Gasteiger partial charge in [0.1, 0.15) is 0 Å². The van der Waals surface area contributed by atoms with Crippen LogP contribution < -0.4 is 4.90 Å². The zero-order chi connectivity index (χ0) is 19.0. The van der Waals surface area contributed by atoms with Crippen LogP contribution in [-0.2, 0) is 22.6 Å². The number of likely N-dealkylation sites (tertiary alicyclic amines) is 1. The number of carbonyl (C=O) groups excluding carboxylic acids is 2. The number of carbonyl (C=O) groups is 2. The first-order valence-corrected chi connectivity index (χ1v) is 9.75. The largest absolute Gasteiger partial charge is 0.338 e. The van der Waals surface area contributed by atoms with Gasteiger partial charge in [-0.25, -0.2) is 0 Å². The lowest BCUT2D eigenvalue weighted by Gasteiger charge is -2.31. The monoisotopic (exact) mass is 362 g/mol. The number of hydrogen-bond acceptors (Lipinski definition) is 2. The molecule has 0 bridgehead atoms. The molecule has 4 heteroatoms. The Balaban J connectivity index is 1.48. The highest BCUT2D eigenvalue weighted by Crippen LogP contribution is 2.31. The lowest BCUT2D eigenvalue weighted by Crippen LogP contribution is -2.40. The van der Waals surface area contributed by atoms with Gasteiger partial charge in [-0.05, 0) is 43.9 Å². The molecule has 0 spiro atoms. The number of nitrogens with zero attached hydrogens (tertiary/aromatic N) is 2. The zero-order valence-corrected chi connectivity index (χ0v) is 16.1. The zero-order valence-electron chi connectivity index (χ0n) is 16.1. The number of fused-ring (bicyclic) bond motifs is 1. The highest BCUT2D eigenvalue weighted by atomic mass is 16.2. The molecule has 2 aromatic carbocycles. The first-order valence-electron chi connectivity index (χ1n) is 9.75.